The van der Waals surface area contributed by atoms with Crippen LogP contribution < -0.4 is 16.4 Å². The number of nitrogens with zero attached hydrogens (tertiary/aromatic N) is 1. The molecule has 0 radical (unpaired) electrons. The zero-order valence-electron chi connectivity index (χ0n) is 12.1. The second-order valence-electron chi connectivity index (χ2n) is 4.74. The van der Waals surface area contributed by atoms with Crippen LogP contribution in [-0.2, 0) is 4.79 Å². The van der Waals surface area contributed by atoms with Crippen molar-refractivity contribution in [2.45, 2.75) is 13.8 Å². The van der Waals surface area contributed by atoms with E-state index in [0.29, 0.717) is 11.3 Å². The molecule has 0 saturated heterocycles. The fourth-order valence-electron chi connectivity index (χ4n) is 1.82. The summed E-state index contributed by atoms with van der Waals surface area (Å²) in [5.41, 5.74) is 5.80. The number of hydrogen-bond donors (Lipinski definition) is 3. The molecule has 0 aliphatic heterocycles. The van der Waals surface area contributed by atoms with Gasteiger partial charge in [-0.1, -0.05) is 5.16 Å². The van der Waals surface area contributed by atoms with E-state index in [1.807, 2.05) is 0 Å². The molecule has 0 spiro atoms. The van der Waals surface area contributed by atoms with E-state index in [0.717, 1.165) is 6.07 Å². The number of carbonyl (C=O) groups is 2. The van der Waals surface area contributed by atoms with Crippen LogP contribution in [0.25, 0.3) is 0 Å². The summed E-state index contributed by atoms with van der Waals surface area (Å²) < 4.78 is 18.3. The number of nitrogens with one attached hydrogen (secondary N) is 2. The predicted octanol–water partition coefficient (Wildman–Crippen LogP) is 1.58. The number of rotatable bonds is 5. The Morgan fingerprint density at radius 2 is 2.05 bits per heavy atom. The lowest BCUT2D eigenvalue weighted by atomic mass is 10.1. The van der Waals surface area contributed by atoms with Crippen molar-refractivity contribution in [2.75, 3.05) is 17.2 Å². The lowest BCUT2D eigenvalue weighted by Gasteiger charge is -2.11. The third-order valence-electron chi connectivity index (χ3n) is 2.90. The van der Waals surface area contributed by atoms with Crippen molar-refractivity contribution in [3.05, 3.63) is 40.9 Å². The minimum absolute atomic E-state index is 0.0202. The van der Waals surface area contributed by atoms with Crippen LogP contribution in [0.2, 0.25) is 0 Å². The first-order valence-electron chi connectivity index (χ1n) is 6.44. The number of nitrogens with two attached hydrogens (primary N) is 1. The average molecular weight is 306 g/mol. The molecule has 0 unspecified atom stereocenters. The van der Waals surface area contributed by atoms with Crippen LogP contribution in [0.4, 0.5) is 15.9 Å². The van der Waals surface area contributed by atoms with Gasteiger partial charge >= 0.3 is 0 Å². The molecule has 0 fully saturated rings. The van der Waals surface area contributed by atoms with E-state index in [-0.39, 0.29) is 23.6 Å². The number of amides is 2. The molecule has 1 aromatic carbocycles. The average Bonchev–Trinajstić information content (AvgIpc) is 2.84. The minimum Gasteiger partial charge on any atom is -0.375 e. The molecule has 1 aromatic heterocycles. The highest BCUT2D eigenvalue weighted by Gasteiger charge is 2.13. The highest BCUT2D eigenvalue weighted by molar-refractivity contribution is 6.00. The van der Waals surface area contributed by atoms with Crippen molar-refractivity contribution in [1.29, 1.82) is 0 Å². The Bertz CT molecular complexity index is 727. The quantitative estimate of drug-likeness (QED) is 0.776. The number of primary amides is 1. The molecule has 8 heteroatoms. The first kappa shape index (κ1) is 15.5. The van der Waals surface area contributed by atoms with Gasteiger partial charge in [-0.25, -0.2) is 4.39 Å². The van der Waals surface area contributed by atoms with Crippen LogP contribution >= 0.6 is 0 Å². The molecule has 4 N–H and O–H groups in total. The normalized spacial score (nSPS) is 10.3. The Labute approximate surface area is 125 Å². The summed E-state index contributed by atoms with van der Waals surface area (Å²) >= 11 is 0. The maximum atomic E-state index is 13.5. The summed E-state index contributed by atoms with van der Waals surface area (Å²) in [6, 6.07) is 4.02. The molecule has 116 valence electrons. The second kappa shape index (κ2) is 6.25. The van der Waals surface area contributed by atoms with Gasteiger partial charge in [0.25, 0.3) is 5.91 Å². The van der Waals surface area contributed by atoms with E-state index in [2.05, 4.69) is 15.8 Å². The number of benzene rings is 1. The predicted molar refractivity (Wildman–Crippen MR) is 78.0 cm³/mol. The Morgan fingerprint density at radius 1 is 1.32 bits per heavy atom. The van der Waals surface area contributed by atoms with Crippen LogP contribution in [0.5, 0.6) is 0 Å². The van der Waals surface area contributed by atoms with E-state index in [4.69, 9.17) is 10.3 Å². The molecule has 7 nitrogen and oxygen atoms in total. The molecular formula is C14H15FN4O3. The minimum atomic E-state index is -0.783. The Hall–Kier alpha value is -2.90. The molecule has 1 heterocycles. The number of hydrogen-bond acceptors (Lipinski definition) is 5. The van der Waals surface area contributed by atoms with Crippen molar-refractivity contribution in [1.82, 2.24) is 5.16 Å². The molecule has 0 aliphatic rings. The van der Waals surface area contributed by atoms with Gasteiger partial charge < -0.3 is 20.9 Å². The topological polar surface area (TPSA) is 110 Å². The monoisotopic (exact) mass is 306 g/mol. The van der Waals surface area contributed by atoms with Crippen LogP contribution in [0.15, 0.2) is 22.7 Å². The van der Waals surface area contributed by atoms with Gasteiger partial charge in [-0.2, -0.15) is 0 Å². The van der Waals surface area contributed by atoms with Gasteiger partial charge in [-0.3, -0.25) is 9.59 Å². The van der Waals surface area contributed by atoms with E-state index >= 15 is 0 Å². The summed E-state index contributed by atoms with van der Waals surface area (Å²) in [6.45, 7) is 3.10. The molecule has 0 saturated carbocycles. The molecule has 2 amide bonds. The van der Waals surface area contributed by atoms with Crippen molar-refractivity contribution < 1.29 is 18.5 Å². The van der Waals surface area contributed by atoms with Crippen LogP contribution in [0.1, 0.15) is 21.7 Å². The first-order chi connectivity index (χ1) is 10.4. The van der Waals surface area contributed by atoms with Crippen molar-refractivity contribution in [3.8, 4) is 0 Å². The highest BCUT2D eigenvalue weighted by atomic mass is 19.1. The third-order valence-corrected chi connectivity index (χ3v) is 2.90. The Morgan fingerprint density at radius 3 is 2.64 bits per heavy atom. The van der Waals surface area contributed by atoms with Crippen LogP contribution in [0, 0.1) is 19.7 Å². The van der Waals surface area contributed by atoms with E-state index in [1.54, 1.807) is 19.9 Å². The standard InChI is InChI=1S/C14H15FN4O3/c1-7-3-11(9(14(16)21)5-10(7)15)17-6-13(20)18-12-4-8(2)22-19-12/h3-5,17H,6H2,1-2H3,(H2,16,21)(H,18,19,20). The largest absolute Gasteiger partial charge is 0.375 e. The zero-order valence-corrected chi connectivity index (χ0v) is 12.1. The first-order valence-corrected chi connectivity index (χ1v) is 6.44. The second-order valence-corrected chi connectivity index (χ2v) is 4.74. The Balaban J connectivity index is 2.06. The fourth-order valence-corrected chi connectivity index (χ4v) is 1.82. The fraction of sp³-hybridized carbons (Fsp3) is 0.214. The Kier molecular flexibility index (Phi) is 4.40. The van der Waals surface area contributed by atoms with Gasteiger partial charge in [0.2, 0.25) is 5.91 Å². The highest BCUT2D eigenvalue weighted by Crippen LogP contribution is 2.20. The van der Waals surface area contributed by atoms with Crippen molar-refractivity contribution >= 4 is 23.3 Å². The van der Waals surface area contributed by atoms with Gasteiger partial charge in [0.1, 0.15) is 11.6 Å². The summed E-state index contributed by atoms with van der Waals surface area (Å²) in [5, 5.41) is 8.89. The van der Waals surface area contributed by atoms with Gasteiger partial charge in [0, 0.05) is 11.8 Å². The summed E-state index contributed by atoms with van der Waals surface area (Å²) in [7, 11) is 0. The lowest BCUT2D eigenvalue weighted by Crippen LogP contribution is -2.24. The summed E-state index contributed by atoms with van der Waals surface area (Å²) in [4.78, 5) is 23.1. The van der Waals surface area contributed by atoms with E-state index in [9.17, 15) is 14.0 Å². The smallest absolute Gasteiger partial charge is 0.250 e. The molecule has 0 aliphatic carbocycles. The van der Waals surface area contributed by atoms with E-state index in [1.165, 1.54) is 6.07 Å². The molecular weight excluding hydrogens is 291 g/mol. The number of aromatic nitrogens is 1. The van der Waals surface area contributed by atoms with Crippen molar-refractivity contribution in [2.24, 2.45) is 5.73 Å². The summed E-state index contributed by atoms with van der Waals surface area (Å²) in [6.07, 6.45) is 0. The van der Waals surface area contributed by atoms with Gasteiger partial charge in [-0.15, -0.1) is 0 Å². The van der Waals surface area contributed by atoms with Crippen LogP contribution in [0.3, 0.4) is 0 Å². The third kappa shape index (κ3) is 3.60. The maximum absolute atomic E-state index is 13.5. The summed E-state index contributed by atoms with van der Waals surface area (Å²) in [5.74, 6) is -0.871. The molecule has 22 heavy (non-hydrogen) atoms. The SMILES string of the molecule is Cc1cc(NC(=O)CNc2cc(C)c(F)cc2C(N)=O)no1. The number of halogens is 1. The van der Waals surface area contributed by atoms with Gasteiger partial charge in [-0.05, 0) is 31.5 Å². The van der Waals surface area contributed by atoms with Gasteiger partial charge in [0.05, 0.1) is 12.1 Å². The molecule has 0 atom stereocenters. The van der Waals surface area contributed by atoms with Gasteiger partial charge in [0.15, 0.2) is 5.82 Å². The number of aryl methyl sites for hydroxylation is 2. The maximum Gasteiger partial charge on any atom is 0.250 e. The van der Waals surface area contributed by atoms with Crippen molar-refractivity contribution in [3.63, 3.8) is 0 Å². The molecule has 2 rings (SSSR count). The molecule has 0 bridgehead atoms. The number of anilines is 2. The molecule has 2 aromatic rings. The lowest BCUT2D eigenvalue weighted by molar-refractivity contribution is -0.114. The number of carbonyl (C=O) groups excluding carboxylic acids is 2. The van der Waals surface area contributed by atoms with Crippen LogP contribution in [-0.4, -0.2) is 23.5 Å². The van der Waals surface area contributed by atoms with E-state index < -0.39 is 17.6 Å². The zero-order chi connectivity index (χ0) is 16.3.